The first-order valence-corrected chi connectivity index (χ1v) is 21.2. The van der Waals surface area contributed by atoms with Crippen molar-refractivity contribution in [3.63, 3.8) is 0 Å². The molecule has 0 bridgehead atoms. The predicted molar refractivity (Wildman–Crippen MR) is 228 cm³/mol. The molecular weight excluding hydrogens is 799 g/mol. The molecule has 0 aliphatic carbocycles. The smallest absolute Gasteiger partial charge is 0.404 e. The molecule has 0 saturated heterocycles. The number of unbranched alkanes of at least 4 members (excludes halogenated alkanes) is 6. The lowest BCUT2D eigenvalue weighted by Crippen LogP contribution is -2.44. The van der Waals surface area contributed by atoms with Crippen LogP contribution in [0.15, 0.2) is 97.1 Å². The summed E-state index contributed by atoms with van der Waals surface area (Å²) in [6, 6.07) is 28.1. The average Bonchev–Trinajstić information content (AvgIpc) is 3.23. The van der Waals surface area contributed by atoms with Crippen LogP contribution in [0.25, 0.3) is 22.3 Å². The van der Waals surface area contributed by atoms with Gasteiger partial charge in [0.25, 0.3) is 0 Å². The zero-order valence-corrected chi connectivity index (χ0v) is 36.1. The summed E-state index contributed by atoms with van der Waals surface area (Å²) in [6.07, 6.45) is -0.647. The van der Waals surface area contributed by atoms with E-state index in [-0.39, 0.29) is 30.8 Å². The molecule has 334 valence electrons. The molecule has 4 aromatic carbocycles. The second-order valence-electron chi connectivity index (χ2n) is 15.5. The van der Waals surface area contributed by atoms with Crippen LogP contribution >= 0.6 is 0 Å². The van der Waals surface area contributed by atoms with Crippen LogP contribution in [0.4, 0.5) is 26.3 Å². The maximum atomic E-state index is 13.4. The highest BCUT2D eigenvalue weighted by Gasteiger charge is 2.58. The number of rotatable bonds is 21. The fourth-order valence-electron chi connectivity index (χ4n) is 6.12. The summed E-state index contributed by atoms with van der Waals surface area (Å²) in [7, 11) is 0. The minimum atomic E-state index is -4.67. The van der Waals surface area contributed by atoms with Crippen molar-refractivity contribution in [1.29, 1.82) is 0 Å². The van der Waals surface area contributed by atoms with Gasteiger partial charge in [0, 0.05) is 0 Å². The fraction of sp³-hybridized carbons (Fsp3) is 0.469. The van der Waals surface area contributed by atoms with Crippen LogP contribution in [0.5, 0.6) is 23.0 Å². The highest BCUT2D eigenvalue weighted by Crippen LogP contribution is 2.44. The molecule has 12 heteroatoms. The van der Waals surface area contributed by atoms with Gasteiger partial charge in [0.15, 0.2) is 10.8 Å². The zero-order valence-electron chi connectivity index (χ0n) is 36.1. The number of ether oxygens (including phenoxy) is 4. The molecule has 2 unspecified atom stereocenters. The Morgan fingerprint density at radius 3 is 1.02 bits per heavy atom. The summed E-state index contributed by atoms with van der Waals surface area (Å²) in [6.45, 7) is 10.4. The number of esters is 2. The molecule has 6 nitrogen and oxygen atoms in total. The SMILES string of the molecule is CCCCCCOc1ccc(-c2ccc(OC(=O)C(C)(CC)C(F)(F)F)cc2)cc1.CCCCCCOc1ccc(-c2ccc(OC(=O)C(C)(CCC)C(F)(F)F)cc2)cc1. The van der Waals surface area contributed by atoms with Crippen molar-refractivity contribution in [2.75, 3.05) is 13.2 Å². The van der Waals surface area contributed by atoms with Gasteiger partial charge in [-0.1, -0.05) is 121 Å². The number of benzene rings is 4. The molecule has 0 aromatic heterocycles. The second kappa shape index (κ2) is 23.9. The highest BCUT2D eigenvalue weighted by atomic mass is 19.4. The first-order chi connectivity index (χ1) is 28.9. The molecule has 4 rings (SSSR count). The number of carbonyl (C=O) groups is 2. The summed E-state index contributed by atoms with van der Waals surface area (Å²) < 4.78 is 101. The number of hydrogen-bond donors (Lipinski definition) is 0. The van der Waals surface area contributed by atoms with Crippen LogP contribution in [0.1, 0.15) is 112 Å². The molecule has 0 amide bonds. The van der Waals surface area contributed by atoms with Crippen LogP contribution in [-0.4, -0.2) is 37.5 Å². The number of hydrogen-bond acceptors (Lipinski definition) is 6. The molecule has 0 spiro atoms. The molecule has 0 N–H and O–H groups in total. The summed E-state index contributed by atoms with van der Waals surface area (Å²) in [5, 5.41) is 0. The molecule has 0 heterocycles. The Morgan fingerprint density at radius 2 is 0.738 bits per heavy atom. The molecular formula is C49H60F6O6. The van der Waals surface area contributed by atoms with Gasteiger partial charge in [0.05, 0.1) is 13.2 Å². The van der Waals surface area contributed by atoms with E-state index in [1.54, 1.807) is 31.2 Å². The Hall–Kier alpha value is -5.00. The molecule has 0 radical (unpaired) electrons. The molecule has 0 saturated carbocycles. The standard InChI is InChI=1S/C25H31F3O3.C24H29F3O3/c1-4-6-7-8-18-30-21-13-9-19(10-14-21)20-11-15-22(16-12-20)31-23(29)24(3,17-5-2)25(26,27)28;1-4-6-7-8-17-29-20-13-9-18(10-14-20)19-11-15-21(16-12-19)30-22(28)23(3,5-2)24(25,26)27/h9-16H,4-8,17-18H2,1-3H3;9-16H,4-8,17H2,1-3H3. The van der Waals surface area contributed by atoms with E-state index in [4.69, 9.17) is 18.9 Å². The molecule has 0 aliphatic heterocycles. The monoisotopic (exact) mass is 858 g/mol. The normalized spacial score (nSPS) is 13.5. The largest absolute Gasteiger partial charge is 0.494 e. The van der Waals surface area contributed by atoms with Gasteiger partial charge in [-0.05, 0) is 110 Å². The summed E-state index contributed by atoms with van der Waals surface area (Å²) >= 11 is 0. The molecule has 0 fully saturated rings. The zero-order chi connectivity index (χ0) is 45.1. The lowest BCUT2D eigenvalue weighted by atomic mass is 9.85. The van der Waals surface area contributed by atoms with E-state index in [1.807, 2.05) is 48.5 Å². The van der Waals surface area contributed by atoms with Crippen molar-refractivity contribution in [3.8, 4) is 45.3 Å². The van der Waals surface area contributed by atoms with Gasteiger partial charge in [-0.2, -0.15) is 26.3 Å². The van der Waals surface area contributed by atoms with Crippen molar-refractivity contribution < 1.29 is 54.9 Å². The predicted octanol–water partition coefficient (Wildman–Crippen LogP) is 14.8. The maximum absolute atomic E-state index is 13.4. The van der Waals surface area contributed by atoms with E-state index in [0.717, 1.165) is 73.3 Å². The van der Waals surface area contributed by atoms with E-state index in [0.29, 0.717) is 13.2 Å². The van der Waals surface area contributed by atoms with Crippen molar-refractivity contribution in [2.45, 2.75) is 125 Å². The Balaban J connectivity index is 0.000000325. The number of alkyl halides is 6. The number of carbonyl (C=O) groups excluding carboxylic acids is 2. The van der Waals surface area contributed by atoms with Crippen molar-refractivity contribution in [1.82, 2.24) is 0 Å². The first-order valence-electron chi connectivity index (χ1n) is 21.2. The number of halogens is 6. The molecule has 61 heavy (non-hydrogen) atoms. The Morgan fingerprint density at radius 1 is 0.426 bits per heavy atom. The van der Waals surface area contributed by atoms with Gasteiger partial charge < -0.3 is 18.9 Å². The maximum Gasteiger partial charge on any atom is 0.404 e. The third-order valence-corrected chi connectivity index (χ3v) is 10.6. The molecule has 0 aliphatic rings. The third kappa shape index (κ3) is 14.8. The quantitative estimate of drug-likeness (QED) is 0.0360. The van der Waals surface area contributed by atoms with Crippen molar-refractivity contribution >= 4 is 11.9 Å². The lowest BCUT2D eigenvalue weighted by molar-refractivity contribution is -0.227. The van der Waals surface area contributed by atoms with Crippen LogP contribution in [0, 0.1) is 10.8 Å². The minimum Gasteiger partial charge on any atom is -0.494 e. The summed E-state index contributed by atoms with van der Waals surface area (Å²) in [5.41, 5.74) is -1.47. The van der Waals surface area contributed by atoms with Gasteiger partial charge in [-0.15, -0.1) is 0 Å². The lowest BCUT2D eigenvalue weighted by Gasteiger charge is -2.29. The van der Waals surface area contributed by atoms with Crippen LogP contribution < -0.4 is 18.9 Å². The Kier molecular flexibility index (Phi) is 19.7. The topological polar surface area (TPSA) is 71.1 Å². The van der Waals surface area contributed by atoms with E-state index >= 15 is 0 Å². The minimum absolute atomic E-state index is 0.0831. The van der Waals surface area contributed by atoms with Crippen LogP contribution in [0.3, 0.4) is 0 Å². The fourth-order valence-corrected chi connectivity index (χ4v) is 6.12. The van der Waals surface area contributed by atoms with Gasteiger partial charge in [-0.3, -0.25) is 9.59 Å². The van der Waals surface area contributed by atoms with E-state index in [1.165, 1.54) is 56.9 Å². The Bertz CT molecular complexity index is 1890. The Labute approximate surface area is 357 Å². The molecule has 2 atom stereocenters. The molecule has 4 aromatic rings. The van der Waals surface area contributed by atoms with Crippen molar-refractivity contribution in [2.24, 2.45) is 10.8 Å². The van der Waals surface area contributed by atoms with Crippen molar-refractivity contribution in [3.05, 3.63) is 97.1 Å². The average molecular weight is 859 g/mol. The summed E-state index contributed by atoms with van der Waals surface area (Å²) in [5.74, 6) is -0.812. The first kappa shape index (κ1) is 50.4. The highest BCUT2D eigenvalue weighted by molar-refractivity contribution is 5.80. The van der Waals surface area contributed by atoms with E-state index in [9.17, 15) is 35.9 Å². The van der Waals surface area contributed by atoms with Gasteiger partial charge in [0.1, 0.15) is 23.0 Å². The van der Waals surface area contributed by atoms with Gasteiger partial charge >= 0.3 is 24.3 Å². The van der Waals surface area contributed by atoms with Crippen LogP contribution in [0.2, 0.25) is 0 Å². The second-order valence-corrected chi connectivity index (χ2v) is 15.5. The van der Waals surface area contributed by atoms with Gasteiger partial charge in [0.2, 0.25) is 0 Å². The van der Waals surface area contributed by atoms with Gasteiger partial charge in [-0.25, -0.2) is 0 Å². The summed E-state index contributed by atoms with van der Waals surface area (Å²) in [4.78, 5) is 24.3. The van der Waals surface area contributed by atoms with E-state index < -0.39 is 35.1 Å². The van der Waals surface area contributed by atoms with Crippen LogP contribution in [-0.2, 0) is 9.59 Å². The van der Waals surface area contributed by atoms with E-state index in [2.05, 4.69) is 13.8 Å². The third-order valence-electron chi connectivity index (χ3n) is 10.6.